The zero-order chi connectivity index (χ0) is 18.7. The Morgan fingerprint density at radius 3 is 1.62 bits per heavy atom. The smallest absolute Gasteiger partial charge is 0.336 e. The molecule has 0 aliphatic heterocycles. The maximum atomic E-state index is 14.3. The average molecular weight is 366 g/mol. The summed E-state index contributed by atoms with van der Waals surface area (Å²) in [7, 11) is -3.58. The molecule has 6 heteroatoms. The second-order valence-electron chi connectivity index (χ2n) is 5.62. The predicted octanol–water partition coefficient (Wildman–Crippen LogP) is 2.72. The normalized spacial score (nSPS) is 11.1. The maximum Gasteiger partial charge on any atom is 0.336 e. The minimum atomic E-state index is -3.58. The van der Waals surface area contributed by atoms with E-state index in [2.05, 4.69) is 0 Å². The van der Waals surface area contributed by atoms with Crippen molar-refractivity contribution >= 4 is 35.0 Å². The monoisotopic (exact) mass is 366 g/mol. The van der Waals surface area contributed by atoms with Crippen LogP contribution in [0, 0.1) is 0 Å². The van der Waals surface area contributed by atoms with Crippen LogP contribution in [-0.2, 0) is 4.57 Å². The number of hydrogen-bond donors (Lipinski definition) is 2. The van der Waals surface area contributed by atoms with Crippen LogP contribution in [0.4, 0.5) is 0 Å². The lowest BCUT2D eigenvalue weighted by molar-refractivity contribution is 0.0682. The first kappa shape index (κ1) is 17.6. The summed E-state index contributed by atoms with van der Waals surface area (Å²) in [4.78, 5) is 23.1. The van der Waals surface area contributed by atoms with Crippen molar-refractivity contribution < 1.29 is 24.4 Å². The molecule has 3 rings (SSSR count). The van der Waals surface area contributed by atoms with Gasteiger partial charge < -0.3 is 14.8 Å². The van der Waals surface area contributed by atoms with Gasteiger partial charge in [0, 0.05) is 15.9 Å². The van der Waals surface area contributed by atoms with E-state index in [0.29, 0.717) is 10.6 Å². The van der Waals surface area contributed by atoms with Gasteiger partial charge in [-0.3, -0.25) is 0 Å². The van der Waals surface area contributed by atoms with Gasteiger partial charge in [0.15, 0.2) is 7.14 Å². The molecular formula is C20H15O5P. The number of carbonyl (C=O) groups is 2. The quantitative estimate of drug-likeness (QED) is 0.678. The molecule has 5 nitrogen and oxygen atoms in total. The highest BCUT2D eigenvalue weighted by atomic mass is 31.2. The zero-order valence-electron chi connectivity index (χ0n) is 13.6. The Labute approximate surface area is 149 Å². The van der Waals surface area contributed by atoms with Crippen LogP contribution in [-0.4, -0.2) is 22.2 Å². The van der Waals surface area contributed by atoms with Gasteiger partial charge in [0.05, 0.1) is 11.1 Å². The van der Waals surface area contributed by atoms with E-state index < -0.39 is 19.1 Å². The van der Waals surface area contributed by atoms with Crippen molar-refractivity contribution in [2.75, 3.05) is 0 Å². The van der Waals surface area contributed by atoms with Crippen LogP contribution in [0.25, 0.3) is 0 Å². The van der Waals surface area contributed by atoms with E-state index in [-0.39, 0.29) is 16.4 Å². The second kappa shape index (κ2) is 6.98. The molecule has 0 spiro atoms. The van der Waals surface area contributed by atoms with Crippen LogP contribution in [0.1, 0.15) is 20.7 Å². The van der Waals surface area contributed by atoms with Gasteiger partial charge in [-0.05, 0) is 18.2 Å². The lowest BCUT2D eigenvalue weighted by atomic mass is 10.1. The summed E-state index contributed by atoms with van der Waals surface area (Å²) in [6.45, 7) is 0. The highest BCUT2D eigenvalue weighted by molar-refractivity contribution is 7.85. The highest BCUT2D eigenvalue weighted by Gasteiger charge is 2.34. The fourth-order valence-corrected chi connectivity index (χ4v) is 5.68. The minimum Gasteiger partial charge on any atom is -0.478 e. The van der Waals surface area contributed by atoms with Crippen molar-refractivity contribution in [1.29, 1.82) is 0 Å². The van der Waals surface area contributed by atoms with Crippen molar-refractivity contribution in [3.05, 3.63) is 90.0 Å². The molecular weight excluding hydrogens is 351 g/mol. The third-order valence-electron chi connectivity index (χ3n) is 4.05. The van der Waals surface area contributed by atoms with Crippen LogP contribution < -0.4 is 15.9 Å². The number of hydrogen-bond acceptors (Lipinski definition) is 3. The number of rotatable bonds is 5. The Morgan fingerprint density at radius 2 is 1.19 bits per heavy atom. The van der Waals surface area contributed by atoms with Crippen LogP contribution >= 0.6 is 7.14 Å². The maximum absolute atomic E-state index is 14.3. The van der Waals surface area contributed by atoms with Crippen LogP contribution in [0.3, 0.4) is 0 Å². The fourth-order valence-electron chi connectivity index (χ4n) is 2.81. The van der Waals surface area contributed by atoms with Gasteiger partial charge in [-0.1, -0.05) is 60.7 Å². The Balaban J connectivity index is 2.41. The Morgan fingerprint density at radius 1 is 0.692 bits per heavy atom. The SMILES string of the molecule is O=C(O)c1ccc(C(=O)O)c(P(=O)(c2ccccc2)c2ccccc2)c1. The Bertz CT molecular complexity index is 969. The number of carboxylic acids is 2. The van der Waals surface area contributed by atoms with E-state index in [4.69, 9.17) is 0 Å². The first-order valence-corrected chi connectivity index (χ1v) is 9.48. The fraction of sp³-hybridized carbons (Fsp3) is 0. The predicted molar refractivity (Wildman–Crippen MR) is 99.8 cm³/mol. The van der Waals surface area contributed by atoms with Gasteiger partial charge in [0.25, 0.3) is 0 Å². The molecule has 130 valence electrons. The molecule has 26 heavy (non-hydrogen) atoms. The molecule has 3 aromatic rings. The summed E-state index contributed by atoms with van der Waals surface area (Å²) in [5.74, 6) is -2.47. The van der Waals surface area contributed by atoms with Crippen molar-refractivity contribution in [2.24, 2.45) is 0 Å². The summed E-state index contributed by atoms with van der Waals surface area (Å²) in [6.07, 6.45) is 0. The molecule has 0 aliphatic carbocycles. The topological polar surface area (TPSA) is 91.7 Å². The molecule has 0 radical (unpaired) electrons. The molecule has 0 unspecified atom stereocenters. The van der Waals surface area contributed by atoms with Crippen LogP contribution in [0.15, 0.2) is 78.9 Å². The summed E-state index contributed by atoms with van der Waals surface area (Å²) >= 11 is 0. The summed E-state index contributed by atoms with van der Waals surface area (Å²) < 4.78 is 14.3. The molecule has 0 heterocycles. The third kappa shape index (κ3) is 3.05. The molecule has 3 aromatic carbocycles. The van der Waals surface area contributed by atoms with Crippen molar-refractivity contribution in [3.63, 3.8) is 0 Å². The summed E-state index contributed by atoms with van der Waals surface area (Å²) in [5.41, 5.74) is -0.289. The first-order chi connectivity index (χ1) is 12.4. The zero-order valence-corrected chi connectivity index (χ0v) is 14.5. The van der Waals surface area contributed by atoms with Crippen LogP contribution in [0.5, 0.6) is 0 Å². The average Bonchev–Trinajstić information content (AvgIpc) is 2.68. The van der Waals surface area contributed by atoms with Crippen molar-refractivity contribution in [3.8, 4) is 0 Å². The van der Waals surface area contributed by atoms with Gasteiger partial charge in [0.1, 0.15) is 0 Å². The Hall–Kier alpha value is -3.17. The minimum absolute atomic E-state index is 0.00213. The standard InChI is InChI=1S/C20H15O5P/c21-19(22)14-11-12-17(20(23)24)18(13-14)26(25,15-7-3-1-4-8-15)16-9-5-2-6-10-16/h1-13H,(H,21,22)(H,23,24). The molecule has 0 bridgehead atoms. The molecule has 0 aliphatic rings. The number of benzene rings is 3. The van der Waals surface area contributed by atoms with E-state index in [1.165, 1.54) is 18.2 Å². The van der Waals surface area contributed by atoms with E-state index in [9.17, 15) is 24.4 Å². The number of aromatic carboxylic acids is 2. The molecule has 0 fully saturated rings. The molecule has 0 amide bonds. The summed E-state index contributed by atoms with van der Waals surface area (Å²) in [5, 5.41) is 19.8. The molecule has 2 N–H and O–H groups in total. The van der Waals surface area contributed by atoms with Crippen molar-refractivity contribution in [1.82, 2.24) is 0 Å². The van der Waals surface area contributed by atoms with E-state index >= 15 is 0 Å². The van der Waals surface area contributed by atoms with Gasteiger partial charge >= 0.3 is 11.9 Å². The molecule has 0 saturated heterocycles. The lowest BCUT2D eigenvalue weighted by Crippen LogP contribution is -2.29. The van der Waals surface area contributed by atoms with E-state index in [1.807, 2.05) is 0 Å². The lowest BCUT2D eigenvalue weighted by Gasteiger charge is -2.22. The van der Waals surface area contributed by atoms with Gasteiger partial charge in [0.2, 0.25) is 0 Å². The number of carboxylic acid groups (broad SMARTS) is 2. The van der Waals surface area contributed by atoms with Gasteiger partial charge in [-0.2, -0.15) is 0 Å². The molecule has 0 aromatic heterocycles. The van der Waals surface area contributed by atoms with E-state index in [1.54, 1.807) is 60.7 Å². The Kier molecular flexibility index (Phi) is 4.74. The second-order valence-corrected chi connectivity index (χ2v) is 8.36. The van der Waals surface area contributed by atoms with Crippen molar-refractivity contribution in [2.45, 2.75) is 0 Å². The van der Waals surface area contributed by atoms with Crippen LogP contribution in [0.2, 0.25) is 0 Å². The van der Waals surface area contributed by atoms with Gasteiger partial charge in [-0.15, -0.1) is 0 Å². The highest BCUT2D eigenvalue weighted by Crippen LogP contribution is 2.43. The van der Waals surface area contributed by atoms with E-state index in [0.717, 1.165) is 0 Å². The molecule has 0 saturated carbocycles. The summed E-state index contributed by atoms with van der Waals surface area (Å²) in [6, 6.07) is 20.6. The third-order valence-corrected chi connectivity index (χ3v) is 7.15. The van der Waals surface area contributed by atoms with Gasteiger partial charge in [-0.25, -0.2) is 9.59 Å². The largest absolute Gasteiger partial charge is 0.478 e. The first-order valence-electron chi connectivity index (χ1n) is 7.77. The molecule has 0 atom stereocenters.